The predicted molar refractivity (Wildman–Crippen MR) is 90.4 cm³/mol. The van der Waals surface area contributed by atoms with Crippen LogP contribution in [0.1, 0.15) is 23.5 Å². The third-order valence-electron chi connectivity index (χ3n) is 3.94. The summed E-state index contributed by atoms with van der Waals surface area (Å²) in [4.78, 5) is 0. The number of aliphatic hydroxyl groups excluding tert-OH is 1. The van der Waals surface area contributed by atoms with E-state index in [0.717, 1.165) is 36.3 Å². The van der Waals surface area contributed by atoms with Crippen molar-refractivity contribution in [3.8, 4) is 5.75 Å². The van der Waals surface area contributed by atoms with E-state index in [2.05, 4.69) is 5.32 Å². The molecule has 0 aliphatic carbocycles. The molecule has 0 fully saturated rings. The summed E-state index contributed by atoms with van der Waals surface area (Å²) in [5, 5.41) is 12.0. The lowest BCUT2D eigenvalue weighted by Crippen LogP contribution is -2.21. The lowest BCUT2D eigenvalue weighted by molar-refractivity contribution is 0.291. The maximum atomic E-state index is 13.6. The van der Waals surface area contributed by atoms with Crippen molar-refractivity contribution in [2.45, 2.75) is 18.8 Å². The average molecular weight is 317 g/mol. The van der Waals surface area contributed by atoms with Crippen molar-refractivity contribution in [3.05, 3.63) is 65.5 Å². The summed E-state index contributed by atoms with van der Waals surface area (Å²) in [5.41, 5.74) is 2.10. The average Bonchev–Trinajstić information content (AvgIpc) is 2.58. The van der Waals surface area contributed by atoms with Gasteiger partial charge in [0.1, 0.15) is 11.6 Å². The normalized spacial score (nSPS) is 12.1. The molecule has 0 saturated carbocycles. The Bertz CT molecular complexity index is 603. The van der Waals surface area contributed by atoms with E-state index in [1.807, 2.05) is 30.3 Å². The van der Waals surface area contributed by atoms with Gasteiger partial charge in [-0.05, 0) is 54.6 Å². The van der Waals surface area contributed by atoms with Crippen molar-refractivity contribution in [2.24, 2.45) is 0 Å². The van der Waals surface area contributed by atoms with Crippen LogP contribution in [0, 0.1) is 5.82 Å². The van der Waals surface area contributed by atoms with Crippen LogP contribution in [0.25, 0.3) is 0 Å². The summed E-state index contributed by atoms with van der Waals surface area (Å²) in [5.74, 6) is 0.834. The molecule has 0 heterocycles. The first-order valence-electron chi connectivity index (χ1n) is 7.93. The lowest BCUT2D eigenvalue weighted by Gasteiger charge is -2.19. The third kappa shape index (κ3) is 5.34. The van der Waals surface area contributed by atoms with Crippen LogP contribution in [0.2, 0.25) is 0 Å². The first-order chi connectivity index (χ1) is 11.2. The maximum Gasteiger partial charge on any atom is 0.123 e. The first kappa shape index (κ1) is 17.4. The number of nitrogens with one attached hydrogen (secondary N) is 1. The Labute approximate surface area is 137 Å². The quantitative estimate of drug-likeness (QED) is 0.698. The second-order valence-electron chi connectivity index (χ2n) is 5.53. The number of ether oxygens (including phenoxy) is 1. The summed E-state index contributed by atoms with van der Waals surface area (Å²) in [7, 11) is 1.67. The van der Waals surface area contributed by atoms with E-state index in [-0.39, 0.29) is 18.3 Å². The zero-order valence-corrected chi connectivity index (χ0v) is 13.5. The van der Waals surface area contributed by atoms with Crippen LogP contribution in [-0.2, 0) is 6.42 Å². The fraction of sp³-hybridized carbons (Fsp3) is 0.368. The molecule has 3 nitrogen and oxygen atoms in total. The summed E-state index contributed by atoms with van der Waals surface area (Å²) in [6.07, 6.45) is 1.65. The van der Waals surface area contributed by atoms with Gasteiger partial charge in [-0.15, -0.1) is 0 Å². The highest BCUT2D eigenvalue weighted by Gasteiger charge is 2.15. The van der Waals surface area contributed by atoms with Gasteiger partial charge in [-0.1, -0.05) is 30.3 Å². The number of methoxy groups -OCH3 is 1. The minimum absolute atomic E-state index is 0.122. The van der Waals surface area contributed by atoms with E-state index in [4.69, 9.17) is 9.84 Å². The Morgan fingerprint density at radius 1 is 1.13 bits per heavy atom. The summed E-state index contributed by atoms with van der Waals surface area (Å²) >= 11 is 0. The number of hydrogen-bond donors (Lipinski definition) is 2. The number of hydrogen-bond acceptors (Lipinski definition) is 3. The van der Waals surface area contributed by atoms with Crippen LogP contribution < -0.4 is 10.1 Å². The molecule has 2 aromatic rings. The molecule has 2 rings (SSSR count). The van der Waals surface area contributed by atoms with Gasteiger partial charge >= 0.3 is 0 Å². The van der Waals surface area contributed by atoms with Crippen LogP contribution in [0.4, 0.5) is 4.39 Å². The fourth-order valence-electron chi connectivity index (χ4n) is 2.76. The van der Waals surface area contributed by atoms with E-state index in [1.54, 1.807) is 19.2 Å². The van der Waals surface area contributed by atoms with Gasteiger partial charge in [0, 0.05) is 6.54 Å². The van der Waals surface area contributed by atoms with E-state index in [1.165, 1.54) is 6.07 Å². The Hall–Kier alpha value is -1.91. The summed E-state index contributed by atoms with van der Waals surface area (Å²) < 4.78 is 19.0. The molecule has 124 valence electrons. The third-order valence-corrected chi connectivity index (χ3v) is 3.94. The number of aliphatic hydroxyl groups is 1. The highest BCUT2D eigenvalue weighted by atomic mass is 19.1. The van der Waals surface area contributed by atoms with Gasteiger partial charge < -0.3 is 15.2 Å². The summed E-state index contributed by atoms with van der Waals surface area (Å²) in [6, 6.07) is 14.7. The Balaban J connectivity index is 2.15. The number of benzene rings is 2. The van der Waals surface area contributed by atoms with Gasteiger partial charge in [0.05, 0.1) is 13.7 Å². The standard InChI is InChI=1S/C19H24FNO2/c1-23-19-8-3-2-5-17(19)13-16(9-10-21-11-12-22)15-6-4-7-18(20)14-15/h2-8,14,16,21-22H,9-13H2,1H3/t16-/m0/s1. The van der Waals surface area contributed by atoms with Crippen LogP contribution in [-0.4, -0.2) is 31.9 Å². The van der Waals surface area contributed by atoms with E-state index < -0.39 is 0 Å². The molecule has 0 amide bonds. The molecule has 1 atom stereocenters. The van der Waals surface area contributed by atoms with Gasteiger partial charge in [-0.2, -0.15) is 0 Å². The number of rotatable bonds is 9. The van der Waals surface area contributed by atoms with E-state index >= 15 is 0 Å². The van der Waals surface area contributed by atoms with Crippen molar-refractivity contribution in [1.82, 2.24) is 5.32 Å². The van der Waals surface area contributed by atoms with Crippen LogP contribution >= 0.6 is 0 Å². The second-order valence-corrected chi connectivity index (χ2v) is 5.53. The molecule has 0 radical (unpaired) electrons. The van der Waals surface area contributed by atoms with Crippen molar-refractivity contribution in [1.29, 1.82) is 0 Å². The molecular formula is C19H24FNO2. The maximum absolute atomic E-state index is 13.6. The van der Waals surface area contributed by atoms with Crippen LogP contribution in [0.3, 0.4) is 0 Å². The van der Waals surface area contributed by atoms with Crippen LogP contribution in [0.5, 0.6) is 5.75 Å². The van der Waals surface area contributed by atoms with Crippen molar-refractivity contribution in [3.63, 3.8) is 0 Å². The molecule has 0 bridgehead atoms. The fourth-order valence-corrected chi connectivity index (χ4v) is 2.76. The number of para-hydroxylation sites is 1. The van der Waals surface area contributed by atoms with Crippen molar-refractivity contribution in [2.75, 3.05) is 26.8 Å². The highest BCUT2D eigenvalue weighted by Crippen LogP contribution is 2.29. The minimum Gasteiger partial charge on any atom is -0.496 e. The lowest BCUT2D eigenvalue weighted by atomic mass is 9.89. The molecular weight excluding hydrogens is 293 g/mol. The number of halogens is 1. The monoisotopic (exact) mass is 317 g/mol. The predicted octanol–water partition coefficient (Wildman–Crippen LogP) is 3.13. The Morgan fingerprint density at radius 2 is 1.96 bits per heavy atom. The van der Waals surface area contributed by atoms with Gasteiger partial charge in [-0.25, -0.2) is 4.39 Å². The van der Waals surface area contributed by atoms with Gasteiger partial charge in [0.15, 0.2) is 0 Å². The van der Waals surface area contributed by atoms with Gasteiger partial charge in [0.2, 0.25) is 0 Å². The topological polar surface area (TPSA) is 41.5 Å². The molecule has 0 aromatic heterocycles. The van der Waals surface area contributed by atoms with Crippen molar-refractivity contribution >= 4 is 0 Å². The van der Waals surface area contributed by atoms with E-state index in [0.29, 0.717) is 6.54 Å². The van der Waals surface area contributed by atoms with Crippen molar-refractivity contribution < 1.29 is 14.2 Å². The highest BCUT2D eigenvalue weighted by molar-refractivity contribution is 5.35. The van der Waals surface area contributed by atoms with Crippen LogP contribution in [0.15, 0.2) is 48.5 Å². The van der Waals surface area contributed by atoms with Gasteiger partial charge in [0.25, 0.3) is 0 Å². The zero-order chi connectivity index (χ0) is 16.5. The Kier molecular flexibility index (Phi) is 7.04. The molecule has 0 unspecified atom stereocenters. The largest absolute Gasteiger partial charge is 0.496 e. The molecule has 0 aliphatic heterocycles. The second kappa shape index (κ2) is 9.28. The molecule has 4 heteroatoms. The zero-order valence-electron chi connectivity index (χ0n) is 13.5. The molecule has 0 aliphatic rings. The molecule has 0 saturated heterocycles. The molecule has 0 spiro atoms. The Morgan fingerprint density at radius 3 is 2.70 bits per heavy atom. The minimum atomic E-state index is -0.212. The van der Waals surface area contributed by atoms with E-state index in [9.17, 15) is 4.39 Å². The SMILES string of the molecule is COc1ccccc1C[C@H](CCNCCO)c1cccc(F)c1. The molecule has 2 aromatic carbocycles. The molecule has 2 N–H and O–H groups in total. The van der Waals surface area contributed by atoms with Gasteiger partial charge in [-0.3, -0.25) is 0 Å². The smallest absolute Gasteiger partial charge is 0.123 e. The first-order valence-corrected chi connectivity index (χ1v) is 7.93. The summed E-state index contributed by atoms with van der Waals surface area (Å²) in [6.45, 7) is 1.47. The molecule has 23 heavy (non-hydrogen) atoms.